The molecule has 0 radical (unpaired) electrons. The molecule has 1 rings (SSSR count). The van der Waals surface area contributed by atoms with Crippen LogP contribution in [0.15, 0.2) is 18.3 Å². The van der Waals surface area contributed by atoms with Crippen molar-refractivity contribution in [2.45, 2.75) is 5.88 Å². The largest absolute Gasteiger partial charge is 0.343 e. The van der Waals surface area contributed by atoms with E-state index in [0.717, 1.165) is 5.56 Å². The van der Waals surface area contributed by atoms with E-state index in [4.69, 9.17) is 11.6 Å². The van der Waals surface area contributed by atoms with Gasteiger partial charge in [-0.1, -0.05) is 6.07 Å². The number of halogens is 1. The van der Waals surface area contributed by atoms with Crippen molar-refractivity contribution in [2.24, 2.45) is 0 Å². The van der Waals surface area contributed by atoms with Gasteiger partial charge in [-0.3, -0.25) is 9.78 Å². The highest BCUT2D eigenvalue weighted by molar-refractivity contribution is 6.17. The van der Waals surface area contributed by atoms with Crippen molar-refractivity contribution in [1.29, 1.82) is 0 Å². The van der Waals surface area contributed by atoms with Gasteiger partial charge in [0.15, 0.2) is 0 Å². The first kappa shape index (κ1) is 9.99. The fraction of sp³-hybridized carbons (Fsp3) is 0.333. The number of rotatable bonds is 2. The molecule has 0 fully saturated rings. The predicted octanol–water partition coefficient (Wildman–Crippen LogP) is 1.52. The number of alkyl halides is 1. The molecule has 1 amide bonds. The Morgan fingerprint density at radius 3 is 2.85 bits per heavy atom. The van der Waals surface area contributed by atoms with Gasteiger partial charge < -0.3 is 4.90 Å². The molecule has 3 nitrogen and oxygen atoms in total. The van der Waals surface area contributed by atoms with E-state index in [9.17, 15) is 4.79 Å². The Labute approximate surface area is 82.3 Å². The number of hydrogen-bond acceptors (Lipinski definition) is 2. The van der Waals surface area contributed by atoms with Crippen LogP contribution in [0.1, 0.15) is 16.1 Å². The first-order valence-electron chi connectivity index (χ1n) is 3.88. The van der Waals surface area contributed by atoms with Crippen LogP contribution in [0, 0.1) is 0 Å². The van der Waals surface area contributed by atoms with Crippen LogP contribution >= 0.6 is 11.6 Å². The van der Waals surface area contributed by atoms with E-state index in [0.29, 0.717) is 11.6 Å². The van der Waals surface area contributed by atoms with Gasteiger partial charge in [0.1, 0.15) is 5.69 Å². The summed E-state index contributed by atoms with van der Waals surface area (Å²) in [4.78, 5) is 17.0. The third kappa shape index (κ3) is 2.18. The number of aromatic nitrogens is 1. The van der Waals surface area contributed by atoms with Crippen LogP contribution in [0.25, 0.3) is 0 Å². The van der Waals surface area contributed by atoms with Gasteiger partial charge in [-0.2, -0.15) is 0 Å². The van der Waals surface area contributed by atoms with Gasteiger partial charge in [0.05, 0.1) is 0 Å². The zero-order valence-corrected chi connectivity index (χ0v) is 8.38. The molecule has 4 heteroatoms. The lowest BCUT2D eigenvalue weighted by Crippen LogP contribution is -2.23. The van der Waals surface area contributed by atoms with Crippen LogP contribution in [0.4, 0.5) is 0 Å². The summed E-state index contributed by atoms with van der Waals surface area (Å²) in [6.07, 6.45) is 1.59. The minimum atomic E-state index is -0.115. The number of carbonyl (C=O) groups is 1. The minimum absolute atomic E-state index is 0.115. The molecule has 1 aromatic rings. The topological polar surface area (TPSA) is 33.2 Å². The maximum Gasteiger partial charge on any atom is 0.272 e. The molecule has 0 unspecified atom stereocenters. The normalized spacial score (nSPS) is 9.77. The highest BCUT2D eigenvalue weighted by Gasteiger charge is 2.13. The Morgan fingerprint density at radius 2 is 2.31 bits per heavy atom. The molecule has 0 bridgehead atoms. The second-order valence-corrected chi connectivity index (χ2v) is 3.11. The van der Waals surface area contributed by atoms with Gasteiger partial charge in [-0.05, 0) is 11.6 Å². The summed E-state index contributed by atoms with van der Waals surface area (Å²) >= 11 is 5.67. The summed E-state index contributed by atoms with van der Waals surface area (Å²) in [5.74, 6) is 0.194. The van der Waals surface area contributed by atoms with Crippen molar-refractivity contribution < 1.29 is 4.79 Å². The van der Waals surface area contributed by atoms with Crippen molar-refractivity contribution in [3.8, 4) is 0 Å². The van der Waals surface area contributed by atoms with E-state index < -0.39 is 0 Å². The second-order valence-electron chi connectivity index (χ2n) is 2.84. The quantitative estimate of drug-likeness (QED) is 0.676. The number of pyridine rings is 1. The minimum Gasteiger partial charge on any atom is -0.343 e. The average molecular weight is 199 g/mol. The summed E-state index contributed by atoms with van der Waals surface area (Å²) < 4.78 is 0. The average Bonchev–Trinajstić information content (AvgIpc) is 2.16. The Balaban J connectivity index is 3.06. The Kier molecular flexibility index (Phi) is 3.25. The van der Waals surface area contributed by atoms with Crippen LogP contribution in [-0.2, 0) is 5.88 Å². The third-order valence-corrected chi connectivity index (χ3v) is 1.93. The lowest BCUT2D eigenvalue weighted by atomic mass is 10.2. The maximum atomic E-state index is 11.5. The van der Waals surface area contributed by atoms with E-state index in [1.54, 1.807) is 32.4 Å². The first-order chi connectivity index (χ1) is 6.16. The molecule has 0 N–H and O–H groups in total. The molecule has 13 heavy (non-hydrogen) atoms. The van der Waals surface area contributed by atoms with Crippen molar-refractivity contribution in [1.82, 2.24) is 9.88 Å². The van der Waals surface area contributed by atoms with Crippen molar-refractivity contribution in [3.05, 3.63) is 29.6 Å². The number of amides is 1. The summed E-state index contributed by atoms with van der Waals surface area (Å²) in [5, 5.41) is 0. The highest BCUT2D eigenvalue weighted by Crippen LogP contribution is 2.09. The summed E-state index contributed by atoms with van der Waals surface area (Å²) in [6.45, 7) is 0. The van der Waals surface area contributed by atoms with Gasteiger partial charge in [0, 0.05) is 26.2 Å². The van der Waals surface area contributed by atoms with Crippen LogP contribution in [0.2, 0.25) is 0 Å². The number of hydrogen-bond donors (Lipinski definition) is 0. The van der Waals surface area contributed by atoms with Crippen LogP contribution < -0.4 is 0 Å². The van der Waals surface area contributed by atoms with Crippen molar-refractivity contribution >= 4 is 17.5 Å². The molecular weight excluding hydrogens is 188 g/mol. The van der Waals surface area contributed by atoms with Crippen LogP contribution in [-0.4, -0.2) is 29.9 Å². The monoisotopic (exact) mass is 198 g/mol. The standard InChI is InChI=1S/C9H11ClN2O/c1-12(2)9(13)8-7(6-10)4-3-5-11-8/h3-5H,6H2,1-2H3. The van der Waals surface area contributed by atoms with Gasteiger partial charge in [-0.25, -0.2) is 0 Å². The molecule has 0 aromatic carbocycles. The van der Waals surface area contributed by atoms with Crippen molar-refractivity contribution in [2.75, 3.05) is 14.1 Å². The van der Waals surface area contributed by atoms with Gasteiger partial charge in [0.25, 0.3) is 5.91 Å². The Morgan fingerprint density at radius 1 is 1.62 bits per heavy atom. The number of carbonyl (C=O) groups excluding carboxylic acids is 1. The molecule has 0 saturated heterocycles. The molecule has 1 aromatic heterocycles. The molecule has 0 atom stereocenters. The number of nitrogens with zero attached hydrogens (tertiary/aromatic N) is 2. The second kappa shape index (κ2) is 4.23. The van der Waals surface area contributed by atoms with Gasteiger partial charge >= 0.3 is 0 Å². The molecule has 70 valence electrons. The molecule has 1 heterocycles. The van der Waals surface area contributed by atoms with Crippen LogP contribution in [0.3, 0.4) is 0 Å². The van der Waals surface area contributed by atoms with E-state index >= 15 is 0 Å². The van der Waals surface area contributed by atoms with E-state index in [-0.39, 0.29) is 5.91 Å². The summed E-state index contributed by atoms with van der Waals surface area (Å²) in [6, 6.07) is 3.57. The van der Waals surface area contributed by atoms with E-state index in [2.05, 4.69) is 4.98 Å². The molecule has 0 aliphatic carbocycles. The fourth-order valence-electron chi connectivity index (χ4n) is 0.951. The lowest BCUT2D eigenvalue weighted by Gasteiger charge is -2.11. The molecule has 0 aliphatic heterocycles. The SMILES string of the molecule is CN(C)C(=O)c1ncccc1CCl. The van der Waals surface area contributed by atoms with E-state index in [1.807, 2.05) is 0 Å². The summed E-state index contributed by atoms with van der Waals surface area (Å²) in [7, 11) is 3.38. The molecule has 0 saturated carbocycles. The van der Waals surface area contributed by atoms with Crippen molar-refractivity contribution in [3.63, 3.8) is 0 Å². The third-order valence-electron chi connectivity index (χ3n) is 1.64. The van der Waals surface area contributed by atoms with E-state index in [1.165, 1.54) is 4.90 Å². The predicted molar refractivity (Wildman–Crippen MR) is 51.8 cm³/mol. The van der Waals surface area contributed by atoms with Gasteiger partial charge in [0.2, 0.25) is 0 Å². The Hall–Kier alpha value is -1.09. The molecular formula is C9H11ClN2O. The smallest absolute Gasteiger partial charge is 0.272 e. The maximum absolute atomic E-state index is 11.5. The fourth-order valence-corrected chi connectivity index (χ4v) is 1.17. The highest BCUT2D eigenvalue weighted by atomic mass is 35.5. The van der Waals surface area contributed by atoms with Crippen LogP contribution in [0.5, 0.6) is 0 Å². The zero-order valence-electron chi connectivity index (χ0n) is 7.62. The Bertz CT molecular complexity index is 312. The lowest BCUT2D eigenvalue weighted by molar-refractivity contribution is 0.0821. The zero-order chi connectivity index (χ0) is 9.84. The van der Waals surface area contributed by atoms with Gasteiger partial charge in [-0.15, -0.1) is 11.6 Å². The summed E-state index contributed by atoms with van der Waals surface area (Å²) in [5.41, 5.74) is 1.20. The molecule has 0 spiro atoms. The molecule has 0 aliphatic rings. The first-order valence-corrected chi connectivity index (χ1v) is 4.41.